The van der Waals surface area contributed by atoms with Gasteiger partial charge in [-0.25, -0.2) is 0 Å². The number of carbonyl (C=O) groups is 1. The highest BCUT2D eigenvalue weighted by molar-refractivity contribution is 5.70. The topological polar surface area (TPSA) is 63.2 Å². The van der Waals surface area contributed by atoms with E-state index in [1.807, 2.05) is 24.3 Å². The maximum absolute atomic E-state index is 11.1. The quantitative estimate of drug-likeness (QED) is 0.738. The van der Waals surface area contributed by atoms with Crippen LogP contribution >= 0.6 is 0 Å². The summed E-state index contributed by atoms with van der Waals surface area (Å²) in [5.41, 5.74) is 4.89. The molecule has 15 heavy (non-hydrogen) atoms. The zero-order chi connectivity index (χ0) is 11.3. The highest BCUT2D eigenvalue weighted by Crippen LogP contribution is 2.18. The van der Waals surface area contributed by atoms with Gasteiger partial charge in [0.1, 0.15) is 18.2 Å². The van der Waals surface area contributed by atoms with Gasteiger partial charge in [-0.05, 0) is 12.1 Å². The minimum Gasteiger partial charge on any atom is -0.497 e. The largest absolute Gasteiger partial charge is 0.497 e. The van der Waals surface area contributed by atoms with Crippen molar-refractivity contribution < 1.29 is 20.0 Å². The van der Waals surface area contributed by atoms with Gasteiger partial charge < -0.3 is 15.2 Å². The van der Waals surface area contributed by atoms with Crippen molar-refractivity contribution in [3.63, 3.8) is 0 Å². The molecule has 4 nitrogen and oxygen atoms in total. The zero-order valence-electron chi connectivity index (χ0n) is 9.03. The summed E-state index contributed by atoms with van der Waals surface area (Å²) in [4.78, 5) is 11.1. The SMILES string of the molecule is COC(=O)C[C@H]([NH3+])c1cccc(OC)c1. The lowest BCUT2D eigenvalue weighted by molar-refractivity contribution is -0.425. The molecule has 0 spiro atoms. The Balaban J connectivity index is 2.72. The van der Waals surface area contributed by atoms with Crippen LogP contribution in [0.25, 0.3) is 0 Å². The summed E-state index contributed by atoms with van der Waals surface area (Å²) in [5.74, 6) is 0.517. The summed E-state index contributed by atoms with van der Waals surface area (Å²) in [6, 6.07) is 7.43. The molecule has 1 rings (SSSR count). The Morgan fingerprint density at radius 1 is 1.47 bits per heavy atom. The Bertz CT molecular complexity index is 338. The maximum atomic E-state index is 11.1. The van der Waals surface area contributed by atoms with Gasteiger partial charge in [0.2, 0.25) is 0 Å². The van der Waals surface area contributed by atoms with Gasteiger partial charge in [0.25, 0.3) is 0 Å². The predicted octanol–water partition coefficient (Wildman–Crippen LogP) is 0.541. The molecule has 3 N–H and O–H groups in total. The Morgan fingerprint density at radius 3 is 2.80 bits per heavy atom. The summed E-state index contributed by atoms with van der Waals surface area (Å²) < 4.78 is 9.68. The van der Waals surface area contributed by atoms with Gasteiger partial charge >= 0.3 is 5.97 Å². The summed E-state index contributed by atoms with van der Waals surface area (Å²) in [7, 11) is 2.98. The number of methoxy groups -OCH3 is 2. The average Bonchev–Trinajstić information content (AvgIpc) is 2.28. The van der Waals surface area contributed by atoms with Crippen molar-refractivity contribution in [2.45, 2.75) is 12.5 Å². The first kappa shape index (κ1) is 11.5. The van der Waals surface area contributed by atoms with Crippen molar-refractivity contribution in [2.75, 3.05) is 14.2 Å². The Hall–Kier alpha value is -1.55. The Labute approximate surface area is 89.0 Å². The molecule has 0 saturated heterocycles. The van der Waals surface area contributed by atoms with Crippen LogP contribution in [0.3, 0.4) is 0 Å². The Kier molecular flexibility index (Phi) is 4.12. The van der Waals surface area contributed by atoms with E-state index in [1.165, 1.54) is 7.11 Å². The second-order valence-electron chi connectivity index (χ2n) is 3.25. The molecule has 0 heterocycles. The highest BCUT2D eigenvalue weighted by Gasteiger charge is 2.15. The number of hydrogen-bond acceptors (Lipinski definition) is 3. The van der Waals surface area contributed by atoms with Crippen LogP contribution in [0.2, 0.25) is 0 Å². The molecule has 1 aromatic rings. The van der Waals surface area contributed by atoms with Crippen LogP contribution in [-0.2, 0) is 9.53 Å². The first-order valence-electron chi connectivity index (χ1n) is 4.71. The number of ether oxygens (including phenoxy) is 2. The van der Waals surface area contributed by atoms with Crippen molar-refractivity contribution in [1.29, 1.82) is 0 Å². The van der Waals surface area contributed by atoms with Crippen molar-refractivity contribution in [3.8, 4) is 5.75 Å². The molecule has 0 unspecified atom stereocenters. The predicted molar refractivity (Wildman–Crippen MR) is 55.3 cm³/mol. The van der Waals surface area contributed by atoms with E-state index < -0.39 is 0 Å². The van der Waals surface area contributed by atoms with E-state index in [-0.39, 0.29) is 18.4 Å². The van der Waals surface area contributed by atoms with E-state index >= 15 is 0 Å². The molecule has 0 aromatic heterocycles. The number of benzene rings is 1. The van der Waals surface area contributed by atoms with Crippen LogP contribution in [0.5, 0.6) is 5.75 Å². The van der Waals surface area contributed by atoms with E-state index in [2.05, 4.69) is 10.5 Å². The lowest BCUT2D eigenvalue weighted by atomic mass is 10.0. The lowest BCUT2D eigenvalue weighted by Crippen LogP contribution is -2.54. The van der Waals surface area contributed by atoms with Gasteiger partial charge in [0.05, 0.1) is 14.2 Å². The summed E-state index contributed by atoms with van der Waals surface area (Å²) in [6.07, 6.45) is 0.281. The van der Waals surface area contributed by atoms with Crippen molar-refractivity contribution >= 4 is 5.97 Å². The first-order valence-corrected chi connectivity index (χ1v) is 4.71. The van der Waals surface area contributed by atoms with Crippen molar-refractivity contribution in [1.82, 2.24) is 0 Å². The number of hydrogen-bond donors (Lipinski definition) is 1. The van der Waals surface area contributed by atoms with Gasteiger partial charge in [-0.2, -0.15) is 0 Å². The minimum atomic E-state index is -0.252. The molecule has 0 fully saturated rings. The van der Waals surface area contributed by atoms with Gasteiger partial charge in [0, 0.05) is 5.56 Å². The van der Waals surface area contributed by atoms with Gasteiger partial charge in [-0.15, -0.1) is 0 Å². The third-order valence-electron chi connectivity index (χ3n) is 2.21. The van der Waals surface area contributed by atoms with Crippen LogP contribution in [0.15, 0.2) is 24.3 Å². The second kappa shape index (κ2) is 5.36. The molecule has 1 aromatic carbocycles. The normalized spacial score (nSPS) is 11.9. The van der Waals surface area contributed by atoms with E-state index in [4.69, 9.17) is 4.74 Å². The lowest BCUT2D eigenvalue weighted by Gasteiger charge is -2.08. The highest BCUT2D eigenvalue weighted by atomic mass is 16.5. The third kappa shape index (κ3) is 3.25. The third-order valence-corrected chi connectivity index (χ3v) is 2.21. The van der Waals surface area contributed by atoms with Crippen LogP contribution < -0.4 is 10.5 Å². The molecule has 0 amide bonds. The molecule has 82 valence electrons. The molecule has 0 aliphatic rings. The van der Waals surface area contributed by atoms with Crippen LogP contribution in [0, 0.1) is 0 Å². The standard InChI is InChI=1S/C11H15NO3/c1-14-9-5-3-4-8(6-9)10(12)7-11(13)15-2/h3-6,10H,7,12H2,1-2H3/p+1/t10-/m0/s1. The van der Waals surface area contributed by atoms with Gasteiger partial charge in [-0.3, -0.25) is 4.79 Å². The monoisotopic (exact) mass is 210 g/mol. The summed E-state index contributed by atoms with van der Waals surface area (Å²) in [5, 5.41) is 0. The fourth-order valence-electron chi connectivity index (χ4n) is 1.30. The molecular formula is C11H16NO3+. The fraction of sp³-hybridized carbons (Fsp3) is 0.364. The average molecular weight is 210 g/mol. The second-order valence-corrected chi connectivity index (χ2v) is 3.25. The van der Waals surface area contributed by atoms with Gasteiger partial charge in [-0.1, -0.05) is 12.1 Å². The van der Waals surface area contributed by atoms with Crippen molar-refractivity contribution in [3.05, 3.63) is 29.8 Å². The molecule has 0 radical (unpaired) electrons. The van der Waals surface area contributed by atoms with Crippen LogP contribution in [0.1, 0.15) is 18.0 Å². The summed E-state index contributed by atoms with van der Waals surface area (Å²) in [6.45, 7) is 0. The van der Waals surface area contributed by atoms with Crippen LogP contribution in [-0.4, -0.2) is 20.2 Å². The number of esters is 1. The van der Waals surface area contributed by atoms with E-state index in [1.54, 1.807) is 7.11 Å². The minimum absolute atomic E-state index is 0.104. The maximum Gasteiger partial charge on any atom is 0.311 e. The van der Waals surface area contributed by atoms with E-state index in [0.29, 0.717) is 0 Å². The van der Waals surface area contributed by atoms with Gasteiger partial charge in [0.15, 0.2) is 0 Å². The molecule has 0 saturated carbocycles. The molecular weight excluding hydrogens is 194 g/mol. The zero-order valence-corrected chi connectivity index (χ0v) is 9.03. The molecule has 0 aliphatic heterocycles. The van der Waals surface area contributed by atoms with E-state index in [0.717, 1.165) is 11.3 Å². The number of quaternary nitrogens is 1. The molecule has 0 aliphatic carbocycles. The van der Waals surface area contributed by atoms with E-state index in [9.17, 15) is 4.79 Å². The Morgan fingerprint density at radius 2 is 2.20 bits per heavy atom. The smallest absolute Gasteiger partial charge is 0.311 e. The number of carbonyl (C=O) groups excluding carboxylic acids is 1. The molecule has 1 atom stereocenters. The number of rotatable bonds is 4. The fourth-order valence-corrected chi connectivity index (χ4v) is 1.30. The molecule has 0 bridgehead atoms. The first-order chi connectivity index (χ1) is 7.17. The molecule has 4 heteroatoms. The van der Waals surface area contributed by atoms with Crippen molar-refractivity contribution in [2.24, 2.45) is 0 Å². The van der Waals surface area contributed by atoms with Crippen LogP contribution in [0.4, 0.5) is 0 Å². The summed E-state index contributed by atoms with van der Waals surface area (Å²) >= 11 is 0.